The molecule has 2 heteroatoms. The van der Waals surface area contributed by atoms with Gasteiger partial charge in [0, 0.05) is 22.7 Å². The Hall–Kier alpha value is -2.61. The van der Waals surface area contributed by atoms with Crippen LogP contribution in [0.4, 0.5) is 0 Å². The van der Waals surface area contributed by atoms with Crippen LogP contribution in [-0.2, 0) is 0 Å². The second-order valence-electron chi connectivity index (χ2n) is 8.86. The number of hydrogen-bond acceptors (Lipinski definition) is 1. The average Bonchev–Trinajstić information content (AvgIpc) is 3.08. The van der Waals surface area contributed by atoms with Gasteiger partial charge in [0.2, 0.25) is 0 Å². The number of aromatic nitrogens is 2. The molecule has 0 N–H and O–H groups in total. The van der Waals surface area contributed by atoms with Crippen LogP contribution < -0.4 is 0 Å². The quantitative estimate of drug-likeness (QED) is 0.317. The van der Waals surface area contributed by atoms with Gasteiger partial charge < -0.3 is 4.57 Å². The van der Waals surface area contributed by atoms with Crippen LogP contribution in [0.1, 0.15) is 64.9 Å². The lowest BCUT2D eigenvalue weighted by Crippen LogP contribution is -2.18. The summed E-state index contributed by atoms with van der Waals surface area (Å²) in [5.74, 6) is 0.570. The van der Waals surface area contributed by atoms with Crippen LogP contribution >= 0.6 is 0 Å². The lowest BCUT2D eigenvalue weighted by atomic mass is 9.74. The summed E-state index contributed by atoms with van der Waals surface area (Å²) >= 11 is 0. The highest BCUT2D eigenvalue weighted by Crippen LogP contribution is 2.38. The first-order chi connectivity index (χ1) is 14.1. The monoisotopic (exact) mass is 384 g/mol. The minimum Gasteiger partial charge on any atom is -0.308 e. The Labute approximate surface area is 174 Å². The van der Waals surface area contributed by atoms with Crippen LogP contribution in [0.5, 0.6) is 0 Å². The van der Waals surface area contributed by atoms with Crippen molar-refractivity contribution in [2.45, 2.75) is 59.3 Å². The zero-order chi connectivity index (χ0) is 20.4. The fraction of sp³-hybridized carbons (Fsp3) is 0.370. The highest BCUT2D eigenvalue weighted by Gasteiger charge is 2.24. The van der Waals surface area contributed by atoms with E-state index in [-0.39, 0.29) is 0 Å². The molecular formula is C27H32N2. The molecule has 29 heavy (non-hydrogen) atoms. The van der Waals surface area contributed by atoms with Crippen LogP contribution in [0, 0.1) is 5.41 Å². The summed E-state index contributed by atoms with van der Waals surface area (Å²) in [5.41, 5.74) is 5.47. The Morgan fingerprint density at radius 2 is 1.66 bits per heavy atom. The Morgan fingerprint density at radius 1 is 0.931 bits per heavy atom. The van der Waals surface area contributed by atoms with E-state index in [1.54, 1.807) is 0 Å². The van der Waals surface area contributed by atoms with Crippen LogP contribution in [-0.4, -0.2) is 9.55 Å². The van der Waals surface area contributed by atoms with Gasteiger partial charge in [-0.25, -0.2) is 0 Å². The summed E-state index contributed by atoms with van der Waals surface area (Å²) in [6.45, 7) is 9.46. The van der Waals surface area contributed by atoms with E-state index in [0.29, 0.717) is 11.3 Å². The molecule has 2 aromatic carbocycles. The number of nitrogens with zero attached hydrogens (tertiary/aromatic N) is 2. The van der Waals surface area contributed by atoms with Gasteiger partial charge in [-0.05, 0) is 54.0 Å². The lowest BCUT2D eigenvalue weighted by molar-refractivity contribution is 0.241. The third-order valence-electron chi connectivity index (χ3n) is 6.70. The number of fused-ring (bicyclic) bond motifs is 3. The summed E-state index contributed by atoms with van der Waals surface area (Å²) < 4.78 is 2.33. The van der Waals surface area contributed by atoms with Gasteiger partial charge in [0.25, 0.3) is 0 Å². The molecule has 0 aliphatic carbocycles. The molecule has 2 nitrogen and oxygen atoms in total. The SMILES string of the molecule is CCCC(C)(CC)CC(C)c1ccc(-n2c3ccccc3c3ccncc32)cc1. The van der Waals surface area contributed by atoms with Crippen molar-refractivity contribution in [2.24, 2.45) is 5.41 Å². The minimum atomic E-state index is 0.436. The van der Waals surface area contributed by atoms with E-state index >= 15 is 0 Å². The Kier molecular flexibility index (Phi) is 5.45. The van der Waals surface area contributed by atoms with E-state index in [1.165, 1.54) is 53.2 Å². The van der Waals surface area contributed by atoms with Crippen molar-refractivity contribution in [1.82, 2.24) is 9.55 Å². The molecule has 0 fully saturated rings. The summed E-state index contributed by atoms with van der Waals surface area (Å²) in [5, 5.41) is 2.53. The van der Waals surface area contributed by atoms with Crippen molar-refractivity contribution < 1.29 is 0 Å². The summed E-state index contributed by atoms with van der Waals surface area (Å²) in [4.78, 5) is 4.39. The van der Waals surface area contributed by atoms with Crippen molar-refractivity contribution in [1.29, 1.82) is 0 Å². The summed E-state index contributed by atoms with van der Waals surface area (Å²) in [6, 6.07) is 19.9. The molecule has 4 aromatic rings. The molecule has 0 saturated heterocycles. The van der Waals surface area contributed by atoms with E-state index in [9.17, 15) is 0 Å². The molecule has 0 radical (unpaired) electrons. The maximum atomic E-state index is 4.39. The van der Waals surface area contributed by atoms with Gasteiger partial charge in [-0.2, -0.15) is 0 Å². The molecule has 2 aromatic heterocycles. The molecule has 0 saturated carbocycles. The van der Waals surface area contributed by atoms with Crippen LogP contribution in [0.3, 0.4) is 0 Å². The van der Waals surface area contributed by atoms with Crippen LogP contribution in [0.2, 0.25) is 0 Å². The van der Waals surface area contributed by atoms with Crippen LogP contribution in [0.15, 0.2) is 67.0 Å². The molecule has 150 valence electrons. The van der Waals surface area contributed by atoms with Gasteiger partial charge in [0.1, 0.15) is 0 Å². The van der Waals surface area contributed by atoms with Crippen LogP contribution in [0.25, 0.3) is 27.5 Å². The largest absolute Gasteiger partial charge is 0.308 e. The van der Waals surface area contributed by atoms with Gasteiger partial charge in [-0.1, -0.05) is 70.9 Å². The summed E-state index contributed by atoms with van der Waals surface area (Å²) in [7, 11) is 0. The topological polar surface area (TPSA) is 17.8 Å². The van der Waals surface area contributed by atoms with E-state index in [1.807, 2.05) is 12.4 Å². The zero-order valence-corrected chi connectivity index (χ0v) is 18.2. The number of benzene rings is 2. The molecular weight excluding hydrogens is 352 g/mol. The molecule has 4 rings (SSSR count). The van der Waals surface area contributed by atoms with Gasteiger partial charge in [0.05, 0.1) is 17.2 Å². The Morgan fingerprint density at radius 3 is 2.38 bits per heavy atom. The second-order valence-corrected chi connectivity index (χ2v) is 8.86. The van der Waals surface area contributed by atoms with Crippen molar-refractivity contribution in [3.8, 4) is 5.69 Å². The Bertz CT molecular complexity index is 1050. The Balaban J connectivity index is 1.70. The standard InChI is InChI=1S/C27H32N2/c1-5-16-27(4,6-2)18-20(3)21-11-13-22(14-12-21)29-25-10-8-7-9-23(25)24-15-17-28-19-26(24)29/h7-15,17,19-20H,5-6,16,18H2,1-4H3. The maximum absolute atomic E-state index is 4.39. The maximum Gasteiger partial charge on any atom is 0.0724 e. The third kappa shape index (κ3) is 3.69. The summed E-state index contributed by atoms with van der Waals surface area (Å²) in [6.07, 6.45) is 8.92. The highest BCUT2D eigenvalue weighted by molar-refractivity contribution is 6.08. The predicted octanol–water partition coefficient (Wildman–Crippen LogP) is 7.89. The normalized spacial score (nSPS) is 14.9. The number of pyridine rings is 1. The molecule has 2 unspecified atom stereocenters. The molecule has 0 amide bonds. The van der Waals surface area contributed by atoms with E-state index in [2.05, 4.69) is 91.8 Å². The molecule has 0 aliphatic rings. The van der Waals surface area contributed by atoms with Gasteiger partial charge in [-0.15, -0.1) is 0 Å². The number of para-hydroxylation sites is 1. The first kappa shape index (κ1) is 19.7. The van der Waals surface area contributed by atoms with Gasteiger partial charge in [-0.3, -0.25) is 4.98 Å². The van der Waals surface area contributed by atoms with Gasteiger partial charge in [0.15, 0.2) is 0 Å². The fourth-order valence-corrected chi connectivity index (χ4v) is 4.93. The van der Waals surface area contributed by atoms with Crippen molar-refractivity contribution in [2.75, 3.05) is 0 Å². The third-order valence-corrected chi connectivity index (χ3v) is 6.70. The minimum absolute atomic E-state index is 0.436. The van der Waals surface area contributed by atoms with E-state index in [4.69, 9.17) is 0 Å². The first-order valence-electron chi connectivity index (χ1n) is 11.0. The van der Waals surface area contributed by atoms with E-state index < -0.39 is 0 Å². The first-order valence-corrected chi connectivity index (χ1v) is 11.0. The van der Waals surface area contributed by atoms with Crippen molar-refractivity contribution in [3.05, 3.63) is 72.6 Å². The van der Waals surface area contributed by atoms with E-state index in [0.717, 1.165) is 5.52 Å². The molecule has 0 bridgehead atoms. The number of hydrogen-bond donors (Lipinski definition) is 0. The van der Waals surface area contributed by atoms with Crippen molar-refractivity contribution >= 4 is 21.8 Å². The molecule has 2 atom stereocenters. The molecule has 0 spiro atoms. The number of rotatable bonds is 7. The fourth-order valence-electron chi connectivity index (χ4n) is 4.93. The molecule has 2 heterocycles. The van der Waals surface area contributed by atoms with Gasteiger partial charge >= 0.3 is 0 Å². The molecule has 0 aliphatic heterocycles. The predicted molar refractivity (Wildman–Crippen MR) is 125 cm³/mol. The smallest absolute Gasteiger partial charge is 0.0724 e. The zero-order valence-electron chi connectivity index (χ0n) is 18.2. The lowest BCUT2D eigenvalue weighted by Gasteiger charge is -2.31. The average molecular weight is 385 g/mol. The van der Waals surface area contributed by atoms with Crippen molar-refractivity contribution in [3.63, 3.8) is 0 Å². The highest BCUT2D eigenvalue weighted by atomic mass is 15.0. The second kappa shape index (κ2) is 8.02.